The van der Waals surface area contributed by atoms with Gasteiger partial charge in [0.15, 0.2) is 16.3 Å². The number of carbonyl (C=O) groups is 1. The Bertz CT molecular complexity index is 2140. The van der Waals surface area contributed by atoms with Gasteiger partial charge in [-0.2, -0.15) is 0 Å². The van der Waals surface area contributed by atoms with Gasteiger partial charge in [-0.25, -0.2) is 9.79 Å². The van der Waals surface area contributed by atoms with E-state index in [-0.39, 0.29) is 17.7 Å². The van der Waals surface area contributed by atoms with Crippen molar-refractivity contribution in [1.29, 1.82) is 0 Å². The maximum Gasteiger partial charge on any atom is 0.338 e. The summed E-state index contributed by atoms with van der Waals surface area (Å²) in [7, 11) is 6.18. The summed E-state index contributed by atoms with van der Waals surface area (Å²) in [6, 6.07) is 23.7. The number of thiazole rings is 1. The molecule has 0 saturated heterocycles. The molecule has 1 aromatic heterocycles. The third-order valence-corrected chi connectivity index (χ3v) is 8.77. The maximum absolute atomic E-state index is 14.5. The topological polar surface area (TPSA) is 97.6 Å². The molecule has 0 spiro atoms. The Balaban J connectivity index is 1.72. The summed E-state index contributed by atoms with van der Waals surface area (Å²) in [6.07, 6.45) is 1.75. The summed E-state index contributed by atoms with van der Waals surface area (Å²) in [5.74, 6) is 1.31. The van der Waals surface area contributed by atoms with Crippen molar-refractivity contribution in [2.24, 2.45) is 4.99 Å². The van der Waals surface area contributed by atoms with E-state index in [2.05, 4.69) is 0 Å². The minimum Gasteiger partial charge on any atom is -0.496 e. The minimum absolute atomic E-state index is 0.148. The van der Waals surface area contributed by atoms with Gasteiger partial charge in [-0.3, -0.25) is 9.36 Å². The van der Waals surface area contributed by atoms with E-state index in [0.717, 1.165) is 16.3 Å². The first-order valence-corrected chi connectivity index (χ1v) is 15.4. The van der Waals surface area contributed by atoms with Gasteiger partial charge >= 0.3 is 5.97 Å². The lowest BCUT2D eigenvalue weighted by Gasteiger charge is -2.28. The zero-order chi connectivity index (χ0) is 32.4. The highest BCUT2D eigenvalue weighted by molar-refractivity contribution is 7.07. The van der Waals surface area contributed by atoms with Crippen LogP contribution in [0.4, 0.5) is 0 Å². The fraction of sp³-hybridized carbons (Fsp3) is 0.194. The molecule has 0 radical (unpaired) electrons. The molecule has 46 heavy (non-hydrogen) atoms. The molecule has 0 amide bonds. The van der Waals surface area contributed by atoms with Gasteiger partial charge < -0.3 is 23.7 Å². The van der Waals surface area contributed by atoms with Crippen LogP contribution in [-0.4, -0.2) is 45.6 Å². The first-order valence-electron chi connectivity index (χ1n) is 14.6. The van der Waals surface area contributed by atoms with Crippen LogP contribution >= 0.6 is 11.3 Å². The van der Waals surface area contributed by atoms with Crippen LogP contribution < -0.4 is 33.8 Å². The third-order valence-electron chi connectivity index (χ3n) is 7.78. The average molecular weight is 637 g/mol. The predicted molar refractivity (Wildman–Crippen MR) is 178 cm³/mol. The van der Waals surface area contributed by atoms with E-state index >= 15 is 0 Å². The molecule has 0 bridgehead atoms. The van der Waals surface area contributed by atoms with Gasteiger partial charge in [0.25, 0.3) is 5.56 Å². The Morgan fingerprint density at radius 1 is 0.870 bits per heavy atom. The second-order valence-electron chi connectivity index (χ2n) is 10.3. The molecule has 0 N–H and O–H groups in total. The van der Waals surface area contributed by atoms with Crippen LogP contribution in [0, 0.1) is 0 Å². The van der Waals surface area contributed by atoms with E-state index in [1.807, 2.05) is 66.7 Å². The van der Waals surface area contributed by atoms with E-state index in [4.69, 9.17) is 28.7 Å². The van der Waals surface area contributed by atoms with Crippen LogP contribution in [0.15, 0.2) is 94.2 Å². The van der Waals surface area contributed by atoms with Gasteiger partial charge in [-0.1, -0.05) is 72.0 Å². The van der Waals surface area contributed by atoms with Crippen molar-refractivity contribution in [2.45, 2.75) is 13.0 Å². The first kappa shape index (κ1) is 30.7. The zero-order valence-electron chi connectivity index (χ0n) is 26.0. The molecular formula is C36H32N2O7S. The third kappa shape index (κ3) is 5.30. The number of ether oxygens (including phenoxy) is 5. The molecule has 9 nitrogen and oxygen atoms in total. The number of aromatic nitrogens is 1. The largest absolute Gasteiger partial charge is 0.496 e. The van der Waals surface area contributed by atoms with E-state index in [9.17, 15) is 9.59 Å². The highest BCUT2D eigenvalue weighted by Crippen LogP contribution is 2.42. The number of carbonyl (C=O) groups excluding carboxylic acids is 1. The van der Waals surface area contributed by atoms with Crippen molar-refractivity contribution in [2.75, 3.05) is 35.0 Å². The van der Waals surface area contributed by atoms with Crippen LogP contribution in [0.2, 0.25) is 0 Å². The molecule has 0 aliphatic carbocycles. The number of benzene rings is 4. The van der Waals surface area contributed by atoms with Crippen LogP contribution in [0.3, 0.4) is 0 Å². The van der Waals surface area contributed by atoms with E-state index < -0.39 is 12.0 Å². The molecule has 6 rings (SSSR count). The van der Waals surface area contributed by atoms with Gasteiger partial charge in [-0.15, -0.1) is 0 Å². The van der Waals surface area contributed by atoms with E-state index in [0.29, 0.717) is 49.2 Å². The number of nitrogens with zero attached hydrogens (tertiary/aromatic N) is 2. The van der Waals surface area contributed by atoms with Crippen molar-refractivity contribution in [1.82, 2.24) is 4.57 Å². The van der Waals surface area contributed by atoms with E-state index in [1.165, 1.54) is 32.7 Å². The van der Waals surface area contributed by atoms with Crippen molar-refractivity contribution in [3.63, 3.8) is 0 Å². The molecule has 4 aromatic carbocycles. The average Bonchev–Trinajstić information content (AvgIpc) is 3.40. The Kier molecular flexibility index (Phi) is 8.63. The number of rotatable bonds is 9. The van der Waals surface area contributed by atoms with Gasteiger partial charge in [0.1, 0.15) is 11.8 Å². The second kappa shape index (κ2) is 12.9. The Morgan fingerprint density at radius 2 is 1.54 bits per heavy atom. The highest BCUT2D eigenvalue weighted by atomic mass is 32.1. The van der Waals surface area contributed by atoms with Crippen LogP contribution in [-0.2, 0) is 9.53 Å². The lowest BCUT2D eigenvalue weighted by molar-refractivity contribution is -0.138. The van der Waals surface area contributed by atoms with Crippen LogP contribution in [0.5, 0.6) is 23.0 Å². The van der Waals surface area contributed by atoms with Crippen LogP contribution in [0.1, 0.15) is 29.7 Å². The number of hydrogen-bond acceptors (Lipinski definition) is 9. The predicted octanol–water partition coefficient (Wildman–Crippen LogP) is 5.12. The lowest BCUT2D eigenvalue weighted by atomic mass is 9.89. The minimum atomic E-state index is -0.909. The summed E-state index contributed by atoms with van der Waals surface area (Å²) in [4.78, 5) is 33.9. The summed E-state index contributed by atoms with van der Waals surface area (Å²) in [5, 5.41) is 1.77. The van der Waals surface area contributed by atoms with Crippen molar-refractivity contribution in [3.8, 4) is 23.0 Å². The molecule has 2 heterocycles. The molecule has 234 valence electrons. The molecule has 1 aliphatic rings. The second-order valence-corrected chi connectivity index (χ2v) is 11.3. The molecule has 0 fully saturated rings. The molecule has 1 aliphatic heterocycles. The van der Waals surface area contributed by atoms with Gasteiger partial charge in [-0.05, 0) is 47.5 Å². The van der Waals surface area contributed by atoms with Gasteiger partial charge in [0, 0.05) is 11.1 Å². The number of esters is 1. The van der Waals surface area contributed by atoms with Crippen molar-refractivity contribution < 1.29 is 28.5 Å². The molecule has 1 unspecified atom stereocenters. The van der Waals surface area contributed by atoms with Gasteiger partial charge in [0.05, 0.1) is 50.8 Å². The van der Waals surface area contributed by atoms with E-state index in [1.54, 1.807) is 36.8 Å². The van der Waals surface area contributed by atoms with Crippen molar-refractivity contribution >= 4 is 39.9 Å². The molecule has 5 aromatic rings. The zero-order valence-corrected chi connectivity index (χ0v) is 26.8. The summed E-state index contributed by atoms with van der Waals surface area (Å²) < 4.78 is 30.1. The van der Waals surface area contributed by atoms with Crippen LogP contribution in [0.25, 0.3) is 22.5 Å². The summed E-state index contributed by atoms with van der Waals surface area (Å²) >= 11 is 1.22. The maximum atomic E-state index is 14.5. The lowest BCUT2D eigenvalue weighted by Crippen LogP contribution is -2.40. The Hall–Kier alpha value is -5.35. The number of hydrogen-bond donors (Lipinski definition) is 0. The first-order chi connectivity index (χ1) is 22.4. The molecule has 1 atom stereocenters. The fourth-order valence-corrected chi connectivity index (χ4v) is 6.79. The highest BCUT2D eigenvalue weighted by Gasteiger charge is 2.37. The van der Waals surface area contributed by atoms with Crippen molar-refractivity contribution in [3.05, 3.63) is 121 Å². The number of methoxy groups -OCH3 is 4. The Morgan fingerprint density at radius 3 is 2.20 bits per heavy atom. The normalized spacial score (nSPS) is 14.5. The Labute approximate surface area is 269 Å². The number of fused-ring (bicyclic) bond motifs is 2. The quantitative estimate of drug-likeness (QED) is 0.207. The monoisotopic (exact) mass is 636 g/mol. The standard InChI is InChI=1S/C36H32N2O7S/c1-6-45-35(40)30-31(23-13-8-7-9-14-23)37-36-38(32(30)29-24-15-11-10-12-22(24)16-17-25(29)41-2)34(39)28(46-36)20-21-18-26(42-3)33(44-5)27(19-21)43-4/h7-20,32H,6H2,1-5H3. The molecular weight excluding hydrogens is 604 g/mol. The molecule has 10 heteroatoms. The summed E-state index contributed by atoms with van der Waals surface area (Å²) in [6.45, 7) is 1.90. The SMILES string of the molecule is CCOC(=O)C1=C(c2ccccc2)N=c2sc(=Cc3cc(OC)c(OC)c(OC)c3)c(=O)n2C1c1c(OC)ccc2ccccc12. The smallest absolute Gasteiger partial charge is 0.338 e. The van der Waals surface area contributed by atoms with Gasteiger partial charge in [0.2, 0.25) is 5.75 Å². The fourth-order valence-electron chi connectivity index (χ4n) is 5.79. The summed E-state index contributed by atoms with van der Waals surface area (Å²) in [5.41, 5.74) is 2.39. The molecule has 0 saturated carbocycles.